The third-order valence-corrected chi connectivity index (χ3v) is 6.68. The van der Waals surface area contributed by atoms with Gasteiger partial charge in [0, 0.05) is 35.7 Å². The summed E-state index contributed by atoms with van der Waals surface area (Å²) in [5.74, 6) is 0.512. The summed E-state index contributed by atoms with van der Waals surface area (Å²) in [5.41, 5.74) is 3.36. The minimum absolute atomic E-state index is 0.123. The molecule has 1 N–H and O–H groups in total. The van der Waals surface area contributed by atoms with Gasteiger partial charge < -0.3 is 9.64 Å². The van der Waals surface area contributed by atoms with Crippen LogP contribution in [0.3, 0.4) is 0 Å². The lowest BCUT2D eigenvalue weighted by Gasteiger charge is -2.31. The van der Waals surface area contributed by atoms with Gasteiger partial charge >= 0.3 is 0 Å². The second kappa shape index (κ2) is 6.98. The van der Waals surface area contributed by atoms with Gasteiger partial charge in [-0.1, -0.05) is 0 Å². The highest BCUT2D eigenvalue weighted by Crippen LogP contribution is 2.38. The summed E-state index contributed by atoms with van der Waals surface area (Å²) in [5, 5.41) is 2.03. The highest BCUT2D eigenvalue weighted by molar-refractivity contribution is 7.93. The van der Waals surface area contributed by atoms with Crippen LogP contribution in [0.15, 0.2) is 65.3 Å². The number of nitrogens with one attached hydrogen (secondary N) is 1. The maximum atomic E-state index is 12.7. The van der Waals surface area contributed by atoms with Crippen molar-refractivity contribution in [3.8, 4) is 5.75 Å². The van der Waals surface area contributed by atoms with E-state index in [0.717, 1.165) is 22.4 Å². The Hall–Kier alpha value is -3.24. The molecule has 0 fully saturated rings. The molecule has 0 bridgehead atoms. The Bertz CT molecular complexity index is 1290. The number of hydrogen-bond donors (Lipinski definition) is 1. The van der Waals surface area contributed by atoms with Crippen LogP contribution >= 0.6 is 11.3 Å². The highest BCUT2D eigenvalue weighted by atomic mass is 32.2. The molecule has 0 amide bonds. The van der Waals surface area contributed by atoms with Gasteiger partial charge in [0.15, 0.2) is 5.13 Å². The van der Waals surface area contributed by atoms with E-state index in [1.54, 1.807) is 36.1 Å². The van der Waals surface area contributed by atoms with E-state index in [2.05, 4.69) is 24.6 Å². The molecule has 2 aromatic carbocycles. The van der Waals surface area contributed by atoms with Gasteiger partial charge in [-0.15, -0.1) is 11.3 Å². The fourth-order valence-electron chi connectivity index (χ4n) is 3.20. The standard InChI is InChI=1S/C19H15N5O3S2/c25-29(26,23-19-22-7-10-28-19)14-2-4-17-18(12-14)27-9-8-24(17)13-1-3-15-16(11-13)21-6-5-20-15/h1-7,10-12H,8-9H2,(H,22,23). The van der Waals surface area contributed by atoms with Crippen LogP contribution in [0.25, 0.3) is 11.0 Å². The topological polar surface area (TPSA) is 97.3 Å². The van der Waals surface area contributed by atoms with Gasteiger partial charge in [0.2, 0.25) is 0 Å². The van der Waals surface area contributed by atoms with Gasteiger partial charge in [0.05, 0.1) is 28.2 Å². The van der Waals surface area contributed by atoms with Crippen molar-refractivity contribution in [2.45, 2.75) is 4.90 Å². The van der Waals surface area contributed by atoms with Crippen molar-refractivity contribution in [2.24, 2.45) is 0 Å². The fraction of sp³-hybridized carbons (Fsp3) is 0.105. The lowest BCUT2D eigenvalue weighted by molar-refractivity contribution is 0.313. The third kappa shape index (κ3) is 3.36. The zero-order valence-electron chi connectivity index (χ0n) is 15.0. The van der Waals surface area contributed by atoms with E-state index in [0.29, 0.717) is 24.0 Å². The summed E-state index contributed by atoms with van der Waals surface area (Å²) in [4.78, 5) is 14.8. The van der Waals surface area contributed by atoms with Crippen LogP contribution in [0.5, 0.6) is 5.75 Å². The predicted molar refractivity (Wildman–Crippen MR) is 111 cm³/mol. The summed E-state index contributed by atoms with van der Waals surface area (Å²) < 4.78 is 33.5. The van der Waals surface area contributed by atoms with Crippen molar-refractivity contribution in [3.63, 3.8) is 0 Å². The molecule has 0 saturated heterocycles. The molecule has 4 aromatic rings. The molecule has 10 heteroatoms. The molecule has 0 saturated carbocycles. The van der Waals surface area contributed by atoms with Gasteiger partial charge in [0.25, 0.3) is 10.0 Å². The summed E-state index contributed by atoms with van der Waals surface area (Å²) >= 11 is 1.22. The molecule has 29 heavy (non-hydrogen) atoms. The Morgan fingerprint density at radius 2 is 1.86 bits per heavy atom. The van der Waals surface area contributed by atoms with Gasteiger partial charge in [-0.25, -0.2) is 13.4 Å². The average molecular weight is 425 g/mol. The van der Waals surface area contributed by atoms with Crippen LogP contribution in [-0.2, 0) is 10.0 Å². The second-order valence-electron chi connectivity index (χ2n) is 6.30. The van der Waals surface area contributed by atoms with Crippen LogP contribution in [0, 0.1) is 0 Å². The molecule has 0 aliphatic carbocycles. The molecule has 5 rings (SSSR count). The van der Waals surface area contributed by atoms with E-state index in [1.807, 2.05) is 18.2 Å². The molecule has 146 valence electrons. The Morgan fingerprint density at radius 1 is 1.00 bits per heavy atom. The molecule has 0 atom stereocenters. The number of rotatable bonds is 4. The zero-order valence-corrected chi connectivity index (χ0v) is 16.7. The minimum atomic E-state index is -3.75. The molecule has 1 aliphatic rings. The first-order chi connectivity index (χ1) is 14.1. The average Bonchev–Trinajstić information content (AvgIpc) is 3.25. The molecular weight excluding hydrogens is 410 g/mol. The molecule has 0 unspecified atom stereocenters. The van der Waals surface area contributed by atoms with Crippen LogP contribution in [-0.4, -0.2) is 36.5 Å². The quantitative estimate of drug-likeness (QED) is 0.535. The highest BCUT2D eigenvalue weighted by Gasteiger charge is 2.24. The van der Waals surface area contributed by atoms with E-state index in [1.165, 1.54) is 17.4 Å². The SMILES string of the molecule is O=S(=O)(Nc1nccs1)c1ccc2c(c1)OCCN2c1ccc2nccnc2c1. The first kappa shape index (κ1) is 17.8. The lowest BCUT2D eigenvalue weighted by Crippen LogP contribution is -2.28. The van der Waals surface area contributed by atoms with E-state index in [-0.39, 0.29) is 4.90 Å². The zero-order chi connectivity index (χ0) is 19.8. The number of anilines is 3. The van der Waals surface area contributed by atoms with E-state index >= 15 is 0 Å². The largest absolute Gasteiger partial charge is 0.489 e. The number of aromatic nitrogens is 3. The Kier molecular flexibility index (Phi) is 4.29. The number of ether oxygens (including phenoxy) is 1. The first-order valence-electron chi connectivity index (χ1n) is 8.78. The summed E-state index contributed by atoms with van der Waals surface area (Å²) in [6, 6.07) is 10.7. The molecule has 2 aromatic heterocycles. The smallest absolute Gasteiger partial charge is 0.263 e. The predicted octanol–water partition coefficient (Wildman–Crippen LogP) is 3.42. The molecule has 0 spiro atoms. The summed E-state index contributed by atoms with van der Waals surface area (Å²) in [7, 11) is -3.75. The number of benzene rings is 2. The maximum absolute atomic E-state index is 12.7. The van der Waals surface area contributed by atoms with E-state index in [4.69, 9.17) is 4.74 Å². The Labute approximate surface area is 170 Å². The molecule has 0 radical (unpaired) electrons. The number of fused-ring (bicyclic) bond motifs is 2. The van der Waals surface area contributed by atoms with Crippen molar-refractivity contribution in [1.82, 2.24) is 15.0 Å². The monoisotopic (exact) mass is 425 g/mol. The van der Waals surface area contributed by atoms with Crippen LogP contribution in [0.2, 0.25) is 0 Å². The molecule has 1 aliphatic heterocycles. The molecule has 8 nitrogen and oxygen atoms in total. The number of nitrogens with zero attached hydrogens (tertiary/aromatic N) is 4. The summed E-state index contributed by atoms with van der Waals surface area (Å²) in [6.07, 6.45) is 4.87. The summed E-state index contributed by atoms with van der Waals surface area (Å²) in [6.45, 7) is 1.08. The minimum Gasteiger partial charge on any atom is -0.489 e. The number of sulfonamides is 1. The second-order valence-corrected chi connectivity index (χ2v) is 8.88. The van der Waals surface area contributed by atoms with Gasteiger partial charge in [-0.05, 0) is 30.3 Å². The van der Waals surface area contributed by atoms with Gasteiger partial charge in [0.1, 0.15) is 12.4 Å². The van der Waals surface area contributed by atoms with Crippen molar-refractivity contribution in [3.05, 3.63) is 60.4 Å². The van der Waals surface area contributed by atoms with Crippen molar-refractivity contribution >= 4 is 48.9 Å². The van der Waals surface area contributed by atoms with Crippen molar-refractivity contribution in [2.75, 3.05) is 22.8 Å². The molecular formula is C19H15N5O3S2. The number of thiazole rings is 1. The van der Waals surface area contributed by atoms with Crippen molar-refractivity contribution in [1.29, 1.82) is 0 Å². The number of hydrogen-bond acceptors (Lipinski definition) is 8. The normalized spacial score (nSPS) is 13.7. The lowest BCUT2D eigenvalue weighted by atomic mass is 10.2. The van der Waals surface area contributed by atoms with Crippen LogP contribution in [0.1, 0.15) is 0 Å². The van der Waals surface area contributed by atoms with Gasteiger partial charge in [-0.2, -0.15) is 0 Å². The Balaban J connectivity index is 1.50. The molecule has 3 heterocycles. The third-order valence-electron chi connectivity index (χ3n) is 4.52. The van der Waals surface area contributed by atoms with E-state index in [9.17, 15) is 8.42 Å². The van der Waals surface area contributed by atoms with E-state index < -0.39 is 10.0 Å². The maximum Gasteiger partial charge on any atom is 0.263 e. The first-order valence-corrected chi connectivity index (χ1v) is 11.1. The Morgan fingerprint density at radius 3 is 2.69 bits per heavy atom. The van der Waals surface area contributed by atoms with Gasteiger partial charge in [-0.3, -0.25) is 14.7 Å². The van der Waals surface area contributed by atoms with Crippen LogP contribution < -0.4 is 14.4 Å². The van der Waals surface area contributed by atoms with Crippen LogP contribution in [0.4, 0.5) is 16.5 Å². The fourth-order valence-corrected chi connectivity index (χ4v) is 5.01. The van der Waals surface area contributed by atoms with Crippen molar-refractivity contribution < 1.29 is 13.2 Å².